The molecule has 0 bridgehead atoms. The summed E-state index contributed by atoms with van der Waals surface area (Å²) in [6, 6.07) is 0.484. The second-order valence-corrected chi connectivity index (χ2v) is 7.60. The predicted octanol–water partition coefficient (Wildman–Crippen LogP) is 2.91. The maximum atomic E-state index is 10.6. The lowest BCUT2D eigenvalue weighted by atomic mass is 9.87. The van der Waals surface area contributed by atoms with Crippen molar-refractivity contribution in [3.05, 3.63) is 0 Å². The number of ether oxygens (including phenoxy) is 1. The number of nitrogens with zero attached hydrogens (tertiary/aromatic N) is 1. The van der Waals surface area contributed by atoms with Gasteiger partial charge in [-0.05, 0) is 72.4 Å². The molecule has 2 aliphatic heterocycles. The summed E-state index contributed by atoms with van der Waals surface area (Å²) in [5.74, 6) is -0.0831. The second kappa shape index (κ2) is 5.64. The van der Waals surface area contributed by atoms with Crippen LogP contribution >= 0.6 is 0 Å². The van der Waals surface area contributed by atoms with Crippen LogP contribution in [0.25, 0.3) is 0 Å². The molecule has 20 heavy (non-hydrogen) atoms. The highest BCUT2D eigenvalue weighted by Gasteiger charge is 2.48. The molecule has 1 atom stereocenters. The molecule has 2 saturated heterocycles. The molecule has 4 nitrogen and oxygen atoms in total. The van der Waals surface area contributed by atoms with Crippen LogP contribution in [-0.2, 0) is 9.53 Å². The SMILES string of the molecule is CC1(C)CC(N2CCC(CCC(=O)O)CC2)C(C)(C)O1. The minimum absolute atomic E-state index is 0.0334. The van der Waals surface area contributed by atoms with E-state index in [1.54, 1.807) is 0 Å². The Morgan fingerprint density at radius 2 is 1.85 bits per heavy atom. The van der Waals surface area contributed by atoms with Crippen LogP contribution in [0.1, 0.15) is 59.8 Å². The molecule has 2 rings (SSSR count). The molecule has 116 valence electrons. The van der Waals surface area contributed by atoms with Crippen molar-refractivity contribution in [1.82, 2.24) is 4.90 Å². The van der Waals surface area contributed by atoms with Crippen molar-refractivity contribution in [2.24, 2.45) is 5.92 Å². The van der Waals surface area contributed by atoms with Gasteiger partial charge in [-0.1, -0.05) is 0 Å². The molecule has 0 aliphatic carbocycles. The fourth-order valence-electron chi connectivity index (χ4n) is 3.98. The lowest BCUT2D eigenvalue weighted by molar-refractivity contribution is -0.137. The maximum Gasteiger partial charge on any atom is 0.303 e. The largest absolute Gasteiger partial charge is 0.481 e. The first kappa shape index (κ1) is 15.8. The fourth-order valence-corrected chi connectivity index (χ4v) is 3.98. The molecule has 0 spiro atoms. The molecule has 0 aromatic rings. The molecule has 0 amide bonds. The van der Waals surface area contributed by atoms with Gasteiger partial charge >= 0.3 is 5.97 Å². The number of hydrogen-bond donors (Lipinski definition) is 1. The van der Waals surface area contributed by atoms with Crippen molar-refractivity contribution in [2.45, 2.75) is 77.0 Å². The summed E-state index contributed by atoms with van der Waals surface area (Å²) in [5.41, 5.74) is -0.119. The summed E-state index contributed by atoms with van der Waals surface area (Å²) in [7, 11) is 0. The van der Waals surface area contributed by atoms with E-state index in [1.165, 1.54) is 0 Å². The minimum Gasteiger partial charge on any atom is -0.481 e. The summed E-state index contributed by atoms with van der Waals surface area (Å²) in [6.07, 6.45) is 4.48. The highest BCUT2D eigenvalue weighted by atomic mass is 16.5. The number of carboxylic acids is 1. The lowest BCUT2D eigenvalue weighted by Crippen LogP contribution is -2.49. The number of carboxylic acid groups (broad SMARTS) is 1. The number of likely N-dealkylation sites (tertiary alicyclic amines) is 1. The zero-order chi connectivity index (χ0) is 15.0. The van der Waals surface area contributed by atoms with Crippen LogP contribution in [0.15, 0.2) is 0 Å². The molecule has 4 heteroatoms. The van der Waals surface area contributed by atoms with Gasteiger partial charge in [0, 0.05) is 12.5 Å². The van der Waals surface area contributed by atoms with Crippen LogP contribution in [-0.4, -0.2) is 46.3 Å². The Hall–Kier alpha value is -0.610. The van der Waals surface area contributed by atoms with Crippen LogP contribution in [0.2, 0.25) is 0 Å². The van der Waals surface area contributed by atoms with E-state index >= 15 is 0 Å². The molecule has 2 aliphatic rings. The van der Waals surface area contributed by atoms with Crippen molar-refractivity contribution >= 4 is 5.97 Å². The Bertz CT molecular complexity index is 357. The molecule has 1 unspecified atom stereocenters. The van der Waals surface area contributed by atoms with Gasteiger partial charge in [-0.3, -0.25) is 9.69 Å². The lowest BCUT2D eigenvalue weighted by Gasteiger charge is -2.40. The summed E-state index contributed by atoms with van der Waals surface area (Å²) in [4.78, 5) is 13.2. The number of hydrogen-bond acceptors (Lipinski definition) is 3. The molecule has 0 radical (unpaired) electrons. The van der Waals surface area contributed by atoms with Crippen molar-refractivity contribution in [1.29, 1.82) is 0 Å². The summed E-state index contributed by atoms with van der Waals surface area (Å²) >= 11 is 0. The number of carbonyl (C=O) groups is 1. The fraction of sp³-hybridized carbons (Fsp3) is 0.938. The van der Waals surface area contributed by atoms with Gasteiger partial charge < -0.3 is 9.84 Å². The monoisotopic (exact) mass is 283 g/mol. The Morgan fingerprint density at radius 3 is 2.30 bits per heavy atom. The van der Waals surface area contributed by atoms with Gasteiger partial charge in [0.05, 0.1) is 11.2 Å². The van der Waals surface area contributed by atoms with Gasteiger partial charge in [0.2, 0.25) is 0 Å². The van der Waals surface area contributed by atoms with Gasteiger partial charge in [0.1, 0.15) is 0 Å². The highest BCUT2D eigenvalue weighted by molar-refractivity contribution is 5.66. The van der Waals surface area contributed by atoms with Crippen molar-refractivity contribution in [3.8, 4) is 0 Å². The first-order chi connectivity index (χ1) is 9.20. The molecule has 1 N–H and O–H groups in total. The van der Waals surface area contributed by atoms with E-state index in [0.717, 1.165) is 38.8 Å². The van der Waals surface area contributed by atoms with Crippen LogP contribution < -0.4 is 0 Å². The molecule has 0 aromatic heterocycles. The molecule has 2 heterocycles. The van der Waals surface area contributed by atoms with E-state index in [4.69, 9.17) is 9.84 Å². The van der Waals surface area contributed by atoms with Gasteiger partial charge in [-0.15, -0.1) is 0 Å². The second-order valence-electron chi connectivity index (χ2n) is 7.60. The zero-order valence-corrected chi connectivity index (χ0v) is 13.3. The first-order valence-corrected chi connectivity index (χ1v) is 7.86. The topological polar surface area (TPSA) is 49.8 Å². The van der Waals surface area contributed by atoms with E-state index in [-0.39, 0.29) is 11.2 Å². The van der Waals surface area contributed by atoms with Crippen molar-refractivity contribution in [3.63, 3.8) is 0 Å². The third kappa shape index (κ3) is 3.73. The first-order valence-electron chi connectivity index (χ1n) is 7.86. The maximum absolute atomic E-state index is 10.6. The van der Waals surface area contributed by atoms with Gasteiger partial charge in [-0.25, -0.2) is 0 Å². The quantitative estimate of drug-likeness (QED) is 0.862. The number of aliphatic carboxylic acids is 1. The Kier molecular flexibility index (Phi) is 4.45. The third-order valence-corrected chi connectivity index (χ3v) is 4.88. The van der Waals surface area contributed by atoms with E-state index in [1.807, 2.05) is 0 Å². The van der Waals surface area contributed by atoms with Crippen LogP contribution in [0, 0.1) is 5.92 Å². The van der Waals surface area contributed by atoms with Crippen molar-refractivity contribution in [2.75, 3.05) is 13.1 Å². The Balaban J connectivity index is 1.86. The average molecular weight is 283 g/mol. The summed E-state index contributed by atoms with van der Waals surface area (Å²) < 4.78 is 6.19. The average Bonchev–Trinajstić information content (AvgIpc) is 2.55. The van der Waals surface area contributed by atoms with Crippen LogP contribution in [0.4, 0.5) is 0 Å². The number of rotatable bonds is 4. The molecular weight excluding hydrogens is 254 g/mol. The predicted molar refractivity (Wildman–Crippen MR) is 78.8 cm³/mol. The van der Waals surface area contributed by atoms with Crippen molar-refractivity contribution < 1.29 is 14.6 Å². The van der Waals surface area contributed by atoms with E-state index in [2.05, 4.69) is 32.6 Å². The molecule has 0 saturated carbocycles. The molecule has 2 fully saturated rings. The van der Waals surface area contributed by atoms with E-state index < -0.39 is 5.97 Å². The normalized spacial score (nSPS) is 30.5. The van der Waals surface area contributed by atoms with Crippen LogP contribution in [0.5, 0.6) is 0 Å². The minimum atomic E-state index is -0.667. The molecule has 0 aromatic carbocycles. The summed E-state index contributed by atoms with van der Waals surface area (Å²) in [5, 5.41) is 8.77. The Labute approximate surface area is 122 Å². The van der Waals surface area contributed by atoms with E-state index in [0.29, 0.717) is 18.4 Å². The highest BCUT2D eigenvalue weighted by Crippen LogP contribution is 2.41. The summed E-state index contributed by atoms with van der Waals surface area (Å²) in [6.45, 7) is 10.9. The zero-order valence-electron chi connectivity index (χ0n) is 13.3. The molecular formula is C16H29NO3. The van der Waals surface area contributed by atoms with Crippen LogP contribution in [0.3, 0.4) is 0 Å². The third-order valence-electron chi connectivity index (χ3n) is 4.88. The smallest absolute Gasteiger partial charge is 0.303 e. The van der Waals surface area contributed by atoms with Gasteiger partial charge in [-0.2, -0.15) is 0 Å². The van der Waals surface area contributed by atoms with Gasteiger partial charge in [0.15, 0.2) is 0 Å². The van der Waals surface area contributed by atoms with Gasteiger partial charge in [0.25, 0.3) is 0 Å². The standard InChI is InChI=1S/C16H29NO3/c1-15(2)11-13(16(3,4)20-15)17-9-7-12(8-10-17)5-6-14(18)19/h12-13H,5-11H2,1-4H3,(H,18,19). The Morgan fingerprint density at radius 1 is 1.25 bits per heavy atom. The van der Waals surface area contributed by atoms with E-state index in [9.17, 15) is 4.79 Å². The number of piperidine rings is 1.